The molecule has 1 rings (SSSR count). The smallest absolute Gasteiger partial charge is 0.331 e. The van der Waals surface area contributed by atoms with Gasteiger partial charge in [0.05, 0.1) is 22.1 Å². The van der Waals surface area contributed by atoms with Crippen molar-refractivity contribution in [1.29, 1.82) is 0 Å². The van der Waals surface area contributed by atoms with E-state index in [2.05, 4.69) is 0 Å². The maximum atomic E-state index is 10.8. The lowest BCUT2D eigenvalue weighted by molar-refractivity contribution is -0.401. The Morgan fingerprint density at radius 2 is 2.12 bits per heavy atom. The molecule has 0 bridgehead atoms. The molecule has 0 aliphatic carbocycles. The van der Waals surface area contributed by atoms with Gasteiger partial charge in [0, 0.05) is 19.2 Å². The molecule has 8 nitrogen and oxygen atoms in total. The first-order valence-corrected chi connectivity index (χ1v) is 4.76. The maximum Gasteiger partial charge on any atom is 0.331 e. The van der Waals surface area contributed by atoms with E-state index in [1.54, 1.807) is 6.92 Å². The van der Waals surface area contributed by atoms with Gasteiger partial charge in [-0.3, -0.25) is 20.2 Å². The summed E-state index contributed by atoms with van der Waals surface area (Å²) >= 11 is 0. The Bertz CT molecular complexity index is 477. The van der Waals surface area contributed by atoms with Gasteiger partial charge in [-0.25, -0.2) is 0 Å². The molecule has 0 saturated carbocycles. The van der Waals surface area contributed by atoms with Crippen LogP contribution in [-0.4, -0.2) is 21.0 Å². The van der Waals surface area contributed by atoms with Gasteiger partial charge in [-0.1, -0.05) is 0 Å². The van der Waals surface area contributed by atoms with Gasteiger partial charge in [-0.05, 0) is 6.92 Å². The third-order valence-corrected chi connectivity index (χ3v) is 2.04. The number of rotatable bonds is 5. The Hall–Kier alpha value is -2.38. The van der Waals surface area contributed by atoms with E-state index in [-0.39, 0.29) is 18.2 Å². The normalized spacial score (nSPS) is 10.7. The summed E-state index contributed by atoms with van der Waals surface area (Å²) in [5.41, 5.74) is 0.120. The highest BCUT2D eigenvalue weighted by atomic mass is 16.6. The van der Waals surface area contributed by atoms with Crippen LogP contribution in [0.1, 0.15) is 12.6 Å². The Kier molecular flexibility index (Phi) is 3.81. The van der Waals surface area contributed by atoms with Crippen LogP contribution in [0.2, 0.25) is 0 Å². The molecule has 0 saturated heterocycles. The van der Waals surface area contributed by atoms with Gasteiger partial charge in [0.15, 0.2) is 0 Å². The molecule has 1 heterocycles. The lowest BCUT2D eigenvalue weighted by Gasteiger charge is -2.04. The maximum absolute atomic E-state index is 10.8. The molecule has 1 aromatic rings. The zero-order valence-electron chi connectivity index (χ0n) is 9.32. The van der Waals surface area contributed by atoms with Crippen LogP contribution >= 0.6 is 0 Å². The summed E-state index contributed by atoms with van der Waals surface area (Å²) in [6.07, 6.45) is 1.89. The number of hydrogen-bond donors (Lipinski definition) is 0. The highest BCUT2D eigenvalue weighted by molar-refractivity contribution is 5.56. The van der Waals surface area contributed by atoms with Gasteiger partial charge in [0.2, 0.25) is 6.20 Å². The summed E-state index contributed by atoms with van der Waals surface area (Å²) in [4.78, 5) is 19.7. The Morgan fingerprint density at radius 3 is 2.59 bits per heavy atom. The fourth-order valence-corrected chi connectivity index (χ4v) is 1.32. The topological polar surface area (TPSA) is 100 Å². The van der Waals surface area contributed by atoms with Crippen LogP contribution in [0.4, 0.5) is 5.69 Å². The van der Waals surface area contributed by atoms with Crippen LogP contribution in [0.3, 0.4) is 0 Å². The van der Waals surface area contributed by atoms with Crippen molar-refractivity contribution in [1.82, 2.24) is 4.57 Å². The molecule has 0 spiro atoms. The average Bonchev–Trinajstić information content (AvgIpc) is 2.55. The second kappa shape index (κ2) is 5.10. The van der Waals surface area contributed by atoms with E-state index in [9.17, 15) is 20.2 Å². The van der Waals surface area contributed by atoms with E-state index in [0.717, 1.165) is 6.20 Å². The van der Waals surface area contributed by atoms with Crippen molar-refractivity contribution in [2.75, 3.05) is 6.61 Å². The fourth-order valence-electron chi connectivity index (χ4n) is 1.32. The van der Waals surface area contributed by atoms with E-state index in [1.807, 2.05) is 0 Å². The number of ether oxygens (including phenoxy) is 1. The molecule has 92 valence electrons. The van der Waals surface area contributed by atoms with Crippen LogP contribution < -0.4 is 4.74 Å². The lowest BCUT2D eigenvalue weighted by Crippen LogP contribution is -2.01. The predicted molar refractivity (Wildman–Crippen MR) is 59.3 cm³/mol. The van der Waals surface area contributed by atoms with Crippen molar-refractivity contribution in [2.45, 2.75) is 6.92 Å². The van der Waals surface area contributed by atoms with Crippen LogP contribution in [0.15, 0.2) is 12.3 Å². The minimum absolute atomic E-state index is 0.0838. The third-order valence-electron chi connectivity index (χ3n) is 2.04. The highest BCUT2D eigenvalue weighted by Gasteiger charge is 2.22. The molecule has 0 aliphatic heterocycles. The minimum atomic E-state index is -0.640. The van der Waals surface area contributed by atoms with Crippen LogP contribution in [0.5, 0.6) is 5.88 Å². The standard InChI is InChI=1S/C9H11N3O5/c1-3-17-9-8(12(15)16)6-7(10(9)2)4-5-11(13)14/h4-6H,3H2,1-2H3. The summed E-state index contributed by atoms with van der Waals surface area (Å²) < 4.78 is 6.52. The zero-order chi connectivity index (χ0) is 13.0. The molecule has 0 unspecified atom stereocenters. The second-order valence-corrected chi connectivity index (χ2v) is 3.11. The molecule has 0 aliphatic rings. The number of aromatic nitrogens is 1. The van der Waals surface area contributed by atoms with Gasteiger partial charge in [0.1, 0.15) is 0 Å². The molecule has 0 atom stereocenters. The Morgan fingerprint density at radius 1 is 1.47 bits per heavy atom. The summed E-state index contributed by atoms with van der Waals surface area (Å²) in [6, 6.07) is 1.23. The lowest BCUT2D eigenvalue weighted by atomic mass is 10.4. The van der Waals surface area contributed by atoms with Crippen LogP contribution in [0, 0.1) is 20.2 Å². The van der Waals surface area contributed by atoms with Crippen molar-refractivity contribution in [3.63, 3.8) is 0 Å². The zero-order valence-corrected chi connectivity index (χ0v) is 9.32. The molecule has 0 radical (unpaired) electrons. The Balaban J connectivity index is 3.21. The number of hydrogen-bond acceptors (Lipinski definition) is 5. The molecular formula is C9H11N3O5. The molecule has 17 heavy (non-hydrogen) atoms. The molecule has 0 aromatic carbocycles. The molecule has 0 fully saturated rings. The number of nitrogens with zero attached hydrogens (tertiary/aromatic N) is 3. The molecule has 0 N–H and O–H groups in total. The summed E-state index contributed by atoms with van der Waals surface area (Å²) in [7, 11) is 1.54. The van der Waals surface area contributed by atoms with E-state index in [1.165, 1.54) is 23.8 Å². The molecular weight excluding hydrogens is 230 g/mol. The summed E-state index contributed by atoms with van der Waals surface area (Å²) in [6.45, 7) is 1.97. The van der Waals surface area contributed by atoms with Crippen molar-refractivity contribution < 1.29 is 14.6 Å². The van der Waals surface area contributed by atoms with E-state index in [4.69, 9.17) is 4.74 Å². The van der Waals surface area contributed by atoms with Crippen molar-refractivity contribution in [3.8, 4) is 5.88 Å². The largest absolute Gasteiger partial charge is 0.474 e. The van der Waals surface area contributed by atoms with Crippen molar-refractivity contribution >= 4 is 11.8 Å². The Labute approximate surface area is 96.4 Å². The van der Waals surface area contributed by atoms with Crippen molar-refractivity contribution in [2.24, 2.45) is 7.05 Å². The first-order valence-electron chi connectivity index (χ1n) is 4.76. The molecule has 1 aromatic heterocycles. The third kappa shape index (κ3) is 2.80. The predicted octanol–water partition coefficient (Wildman–Crippen LogP) is 1.58. The molecule has 8 heteroatoms. The average molecular weight is 241 g/mol. The fraction of sp³-hybridized carbons (Fsp3) is 0.333. The monoisotopic (exact) mass is 241 g/mol. The van der Waals surface area contributed by atoms with Gasteiger partial charge >= 0.3 is 5.69 Å². The summed E-state index contributed by atoms with van der Waals surface area (Å²) in [5, 5.41) is 20.9. The van der Waals surface area contributed by atoms with E-state index >= 15 is 0 Å². The van der Waals surface area contributed by atoms with Gasteiger partial charge < -0.3 is 9.30 Å². The quantitative estimate of drug-likeness (QED) is 0.575. The van der Waals surface area contributed by atoms with Crippen molar-refractivity contribution in [3.05, 3.63) is 38.2 Å². The number of nitro groups is 2. The van der Waals surface area contributed by atoms with Gasteiger partial charge in [-0.2, -0.15) is 0 Å². The first kappa shape index (κ1) is 12.7. The van der Waals surface area contributed by atoms with Gasteiger partial charge in [-0.15, -0.1) is 0 Å². The first-order chi connectivity index (χ1) is 7.97. The summed E-state index contributed by atoms with van der Waals surface area (Å²) in [5.74, 6) is 0.0838. The van der Waals surface area contributed by atoms with Crippen LogP contribution in [-0.2, 0) is 7.05 Å². The SMILES string of the molecule is CCOc1c([N+](=O)[O-])cc(C=C[N+](=O)[O-])n1C. The minimum Gasteiger partial charge on any atom is -0.474 e. The van der Waals surface area contributed by atoms with Gasteiger partial charge in [0.25, 0.3) is 5.88 Å². The van der Waals surface area contributed by atoms with E-state index < -0.39 is 9.85 Å². The highest BCUT2D eigenvalue weighted by Crippen LogP contribution is 2.30. The second-order valence-electron chi connectivity index (χ2n) is 3.11. The van der Waals surface area contributed by atoms with E-state index in [0.29, 0.717) is 5.69 Å². The van der Waals surface area contributed by atoms with Crippen LogP contribution in [0.25, 0.3) is 6.08 Å². The molecule has 0 amide bonds.